The number of aliphatic imine (C=N–C) groups is 1. The van der Waals surface area contributed by atoms with Gasteiger partial charge < -0.3 is 5.73 Å². The highest BCUT2D eigenvalue weighted by Crippen LogP contribution is 2.35. The van der Waals surface area contributed by atoms with Crippen molar-refractivity contribution in [2.45, 2.75) is 19.0 Å². The molecule has 7 heteroatoms. The van der Waals surface area contributed by atoms with Crippen LogP contribution in [-0.2, 0) is 11.0 Å². The van der Waals surface area contributed by atoms with Crippen molar-refractivity contribution < 1.29 is 18.0 Å². The molecule has 21 heavy (non-hydrogen) atoms. The number of guanidine groups is 1. The third-order valence-corrected chi connectivity index (χ3v) is 2.77. The Labute approximate surface area is 120 Å². The zero-order valence-corrected chi connectivity index (χ0v) is 11.4. The Bertz CT molecular complexity index is 553. The summed E-state index contributed by atoms with van der Waals surface area (Å²) in [6, 6.07) is 4.93. The largest absolute Gasteiger partial charge is 0.416 e. The molecule has 0 aromatic heterocycles. The molecule has 1 aromatic carbocycles. The van der Waals surface area contributed by atoms with Crippen LogP contribution in [0.15, 0.2) is 41.9 Å². The van der Waals surface area contributed by atoms with Crippen LogP contribution in [0.25, 0.3) is 0 Å². The number of amides is 1. The van der Waals surface area contributed by atoms with Crippen LogP contribution in [0.5, 0.6) is 0 Å². The summed E-state index contributed by atoms with van der Waals surface area (Å²) in [5.41, 5.74) is 4.50. The minimum absolute atomic E-state index is 0.112. The van der Waals surface area contributed by atoms with Crippen LogP contribution >= 0.6 is 0 Å². The Morgan fingerprint density at radius 2 is 2.10 bits per heavy atom. The molecule has 0 aliphatic carbocycles. The van der Waals surface area contributed by atoms with Crippen LogP contribution in [0.1, 0.15) is 24.0 Å². The number of alkyl halides is 3. The van der Waals surface area contributed by atoms with Gasteiger partial charge in [-0.2, -0.15) is 13.2 Å². The molecule has 0 spiro atoms. The van der Waals surface area contributed by atoms with Gasteiger partial charge in [0.2, 0.25) is 5.91 Å². The topological polar surface area (TPSA) is 67.5 Å². The monoisotopic (exact) mass is 299 g/mol. The molecular weight excluding hydrogens is 283 g/mol. The van der Waals surface area contributed by atoms with Crippen molar-refractivity contribution >= 4 is 11.9 Å². The average molecular weight is 299 g/mol. The first-order valence-corrected chi connectivity index (χ1v) is 6.15. The van der Waals surface area contributed by atoms with E-state index in [2.05, 4.69) is 16.9 Å². The van der Waals surface area contributed by atoms with E-state index in [1.54, 1.807) is 0 Å². The number of nitrogens with one attached hydrogen (secondary N) is 1. The van der Waals surface area contributed by atoms with E-state index in [1.165, 1.54) is 31.2 Å². The van der Waals surface area contributed by atoms with E-state index < -0.39 is 23.6 Å². The van der Waals surface area contributed by atoms with Crippen molar-refractivity contribution in [3.63, 3.8) is 0 Å². The number of carbonyl (C=O) groups is 1. The standard InChI is InChI=1S/C14H16F3N3O/c1-3-8-19-13(18)20-12(21)9(2)10-6-4-5-7-11(10)14(15,16)17/h3-7,9H,1,8H2,2H3,(H3,18,19,20,21). The molecular formula is C14H16F3N3O. The third kappa shape index (κ3) is 4.62. The van der Waals surface area contributed by atoms with Crippen molar-refractivity contribution in [1.82, 2.24) is 5.32 Å². The van der Waals surface area contributed by atoms with Crippen LogP contribution in [0.2, 0.25) is 0 Å². The van der Waals surface area contributed by atoms with Crippen LogP contribution in [0.4, 0.5) is 13.2 Å². The fourth-order valence-electron chi connectivity index (χ4n) is 1.71. The van der Waals surface area contributed by atoms with E-state index in [0.29, 0.717) is 0 Å². The highest BCUT2D eigenvalue weighted by Gasteiger charge is 2.35. The molecule has 4 nitrogen and oxygen atoms in total. The van der Waals surface area contributed by atoms with Crippen LogP contribution in [-0.4, -0.2) is 18.4 Å². The van der Waals surface area contributed by atoms with Gasteiger partial charge in [-0.25, -0.2) is 4.99 Å². The van der Waals surface area contributed by atoms with Gasteiger partial charge in [-0.15, -0.1) is 6.58 Å². The normalized spacial score (nSPS) is 13.6. The molecule has 1 amide bonds. The lowest BCUT2D eigenvalue weighted by Gasteiger charge is -2.17. The summed E-state index contributed by atoms with van der Waals surface area (Å²) in [6.07, 6.45) is -3.05. The number of carbonyl (C=O) groups excluding carboxylic acids is 1. The van der Waals surface area contributed by atoms with Crippen molar-refractivity contribution in [3.05, 3.63) is 48.0 Å². The second-order valence-electron chi connectivity index (χ2n) is 4.31. The van der Waals surface area contributed by atoms with Gasteiger partial charge in [0, 0.05) is 0 Å². The summed E-state index contributed by atoms with van der Waals surface area (Å²) >= 11 is 0. The molecule has 114 valence electrons. The molecule has 0 radical (unpaired) electrons. The zero-order chi connectivity index (χ0) is 16.0. The highest BCUT2D eigenvalue weighted by atomic mass is 19.4. The van der Waals surface area contributed by atoms with Crippen LogP contribution in [0.3, 0.4) is 0 Å². The minimum Gasteiger partial charge on any atom is -0.370 e. The second kappa shape index (κ2) is 6.92. The zero-order valence-electron chi connectivity index (χ0n) is 11.4. The number of halogens is 3. The number of benzene rings is 1. The Balaban J connectivity index is 2.96. The summed E-state index contributed by atoms with van der Waals surface area (Å²) in [6.45, 7) is 5.02. The predicted molar refractivity (Wildman–Crippen MR) is 74.7 cm³/mol. The highest BCUT2D eigenvalue weighted by molar-refractivity contribution is 5.99. The number of nitrogens with zero attached hydrogens (tertiary/aromatic N) is 1. The molecule has 3 N–H and O–H groups in total. The maximum atomic E-state index is 12.9. The average Bonchev–Trinajstić information content (AvgIpc) is 2.43. The van der Waals surface area contributed by atoms with Crippen molar-refractivity contribution in [1.29, 1.82) is 0 Å². The lowest BCUT2D eigenvalue weighted by molar-refractivity contribution is -0.138. The number of nitrogens with two attached hydrogens (primary N) is 1. The molecule has 1 atom stereocenters. The van der Waals surface area contributed by atoms with Gasteiger partial charge in [0.1, 0.15) is 0 Å². The number of rotatable bonds is 4. The molecule has 0 heterocycles. The molecule has 0 aliphatic heterocycles. The summed E-state index contributed by atoms with van der Waals surface area (Å²) in [5, 5.41) is 2.27. The Morgan fingerprint density at radius 1 is 1.48 bits per heavy atom. The first kappa shape index (κ1) is 16.7. The molecule has 1 unspecified atom stereocenters. The summed E-state index contributed by atoms with van der Waals surface area (Å²) in [5.74, 6) is -1.83. The quantitative estimate of drug-likeness (QED) is 0.509. The first-order valence-electron chi connectivity index (χ1n) is 6.15. The smallest absolute Gasteiger partial charge is 0.370 e. The lowest BCUT2D eigenvalue weighted by atomic mass is 9.94. The van der Waals surface area contributed by atoms with Gasteiger partial charge in [-0.3, -0.25) is 10.1 Å². The SMILES string of the molecule is C=CCN=C(N)NC(=O)C(C)c1ccccc1C(F)(F)F. The first-order chi connectivity index (χ1) is 9.77. The predicted octanol–water partition coefficient (Wildman–Crippen LogP) is 2.43. The van der Waals surface area contributed by atoms with Gasteiger partial charge in [0.15, 0.2) is 5.96 Å². The summed E-state index contributed by atoms with van der Waals surface area (Å²) < 4.78 is 38.7. The van der Waals surface area contributed by atoms with E-state index >= 15 is 0 Å². The molecule has 1 aromatic rings. The maximum Gasteiger partial charge on any atom is 0.416 e. The lowest BCUT2D eigenvalue weighted by Crippen LogP contribution is -2.39. The van der Waals surface area contributed by atoms with Crippen LogP contribution < -0.4 is 11.1 Å². The van der Waals surface area contributed by atoms with Gasteiger partial charge in [0.05, 0.1) is 18.0 Å². The van der Waals surface area contributed by atoms with E-state index in [0.717, 1.165) is 6.07 Å². The molecule has 0 fully saturated rings. The van der Waals surface area contributed by atoms with Crippen molar-refractivity contribution in [2.24, 2.45) is 10.7 Å². The van der Waals surface area contributed by atoms with Crippen LogP contribution in [0, 0.1) is 0 Å². The van der Waals surface area contributed by atoms with Gasteiger partial charge in [-0.05, 0) is 18.6 Å². The number of hydrogen-bond donors (Lipinski definition) is 2. The van der Waals surface area contributed by atoms with Crippen molar-refractivity contribution in [3.8, 4) is 0 Å². The van der Waals surface area contributed by atoms with E-state index in [4.69, 9.17) is 5.73 Å². The van der Waals surface area contributed by atoms with Gasteiger partial charge in [-0.1, -0.05) is 24.3 Å². The maximum absolute atomic E-state index is 12.9. The van der Waals surface area contributed by atoms with Crippen molar-refractivity contribution in [2.75, 3.05) is 6.54 Å². The molecule has 1 rings (SSSR count). The van der Waals surface area contributed by atoms with E-state index in [9.17, 15) is 18.0 Å². The van der Waals surface area contributed by atoms with Gasteiger partial charge >= 0.3 is 6.18 Å². The fraction of sp³-hybridized carbons (Fsp3) is 0.286. The molecule has 0 saturated heterocycles. The fourth-order valence-corrected chi connectivity index (χ4v) is 1.71. The summed E-state index contributed by atoms with van der Waals surface area (Å²) in [7, 11) is 0. The molecule has 0 aliphatic rings. The minimum atomic E-state index is -4.52. The van der Waals surface area contributed by atoms with E-state index in [-0.39, 0.29) is 18.1 Å². The summed E-state index contributed by atoms with van der Waals surface area (Å²) in [4.78, 5) is 15.7. The molecule has 0 bridgehead atoms. The number of hydrogen-bond acceptors (Lipinski definition) is 2. The second-order valence-corrected chi connectivity index (χ2v) is 4.31. The van der Waals surface area contributed by atoms with Gasteiger partial charge in [0.25, 0.3) is 0 Å². The third-order valence-electron chi connectivity index (χ3n) is 2.77. The Morgan fingerprint density at radius 3 is 2.67 bits per heavy atom. The Hall–Kier alpha value is -2.31. The Kier molecular flexibility index (Phi) is 5.52. The van der Waals surface area contributed by atoms with E-state index in [1.807, 2.05) is 0 Å². The molecule has 0 saturated carbocycles.